The first-order chi connectivity index (χ1) is 18.4. The molecule has 7 rings (SSSR count). The largest absolute Gasteiger partial charge is 0.390 e. The van der Waals surface area contributed by atoms with Crippen molar-refractivity contribution < 1.29 is 9.90 Å². The highest BCUT2D eigenvalue weighted by molar-refractivity contribution is 7.13. The van der Waals surface area contributed by atoms with Crippen LogP contribution >= 0.6 is 11.3 Å². The van der Waals surface area contributed by atoms with Gasteiger partial charge in [0.2, 0.25) is 0 Å². The van der Waals surface area contributed by atoms with Gasteiger partial charge in [-0.2, -0.15) is 0 Å². The van der Waals surface area contributed by atoms with E-state index in [9.17, 15) is 9.90 Å². The van der Waals surface area contributed by atoms with E-state index in [0.29, 0.717) is 49.4 Å². The Hall–Kier alpha value is -3.64. The number of imidazole rings is 1. The van der Waals surface area contributed by atoms with E-state index in [4.69, 9.17) is 0 Å². The van der Waals surface area contributed by atoms with Gasteiger partial charge in [0.1, 0.15) is 17.8 Å². The van der Waals surface area contributed by atoms with Crippen LogP contribution in [0.25, 0.3) is 16.5 Å². The van der Waals surface area contributed by atoms with E-state index in [2.05, 4.69) is 46.1 Å². The van der Waals surface area contributed by atoms with Crippen LogP contribution in [0, 0.1) is 0 Å². The van der Waals surface area contributed by atoms with Crippen molar-refractivity contribution in [3.63, 3.8) is 0 Å². The molecule has 196 valence electrons. The van der Waals surface area contributed by atoms with E-state index in [1.807, 2.05) is 29.3 Å². The second-order valence-electron chi connectivity index (χ2n) is 10.8. The van der Waals surface area contributed by atoms with Gasteiger partial charge in [-0.15, -0.1) is 21.5 Å². The number of carbonyl (C=O) groups excluding carboxylic acids is 1. The maximum Gasteiger partial charge on any atom is 0.275 e. The minimum Gasteiger partial charge on any atom is -0.390 e. The lowest BCUT2D eigenvalue weighted by Crippen LogP contribution is -2.42. The molecule has 12 heteroatoms. The Kier molecular flexibility index (Phi) is 5.55. The summed E-state index contributed by atoms with van der Waals surface area (Å²) in [5, 5.41) is 24.1. The number of rotatable bonds is 7. The number of pyridine rings is 1. The summed E-state index contributed by atoms with van der Waals surface area (Å²) in [4.78, 5) is 29.2. The predicted octanol–water partition coefficient (Wildman–Crippen LogP) is 3.80. The van der Waals surface area contributed by atoms with E-state index in [1.54, 1.807) is 12.5 Å². The third-order valence-corrected chi connectivity index (χ3v) is 8.44. The number of nitrogens with zero attached hydrogens (tertiary/aromatic N) is 8. The van der Waals surface area contributed by atoms with E-state index < -0.39 is 5.60 Å². The van der Waals surface area contributed by atoms with Gasteiger partial charge < -0.3 is 24.5 Å². The van der Waals surface area contributed by atoms with Gasteiger partial charge in [0.15, 0.2) is 10.8 Å². The normalized spacial score (nSPS) is 19.1. The van der Waals surface area contributed by atoms with E-state index >= 15 is 0 Å². The molecule has 2 aliphatic carbocycles. The summed E-state index contributed by atoms with van der Waals surface area (Å²) < 4.78 is 4.04. The zero-order chi connectivity index (χ0) is 25.9. The number of aromatic nitrogens is 7. The van der Waals surface area contributed by atoms with Crippen LogP contribution in [0.15, 0.2) is 36.5 Å². The van der Waals surface area contributed by atoms with Crippen molar-refractivity contribution in [2.24, 2.45) is 0 Å². The van der Waals surface area contributed by atoms with Crippen LogP contribution < -0.4 is 10.2 Å². The van der Waals surface area contributed by atoms with Gasteiger partial charge in [-0.25, -0.2) is 15.0 Å². The van der Waals surface area contributed by atoms with Crippen LogP contribution in [-0.2, 0) is 0 Å². The molecular formula is C26H29N9O2S. The van der Waals surface area contributed by atoms with Crippen LogP contribution in [0.1, 0.15) is 73.6 Å². The fraction of sp³-hybridized carbons (Fsp3) is 0.462. The molecule has 4 aromatic rings. The van der Waals surface area contributed by atoms with E-state index in [1.165, 1.54) is 24.2 Å². The van der Waals surface area contributed by atoms with Crippen molar-refractivity contribution >= 4 is 28.7 Å². The zero-order valence-corrected chi connectivity index (χ0v) is 21.9. The minimum absolute atomic E-state index is 0.296. The second-order valence-corrected chi connectivity index (χ2v) is 11.7. The molecule has 38 heavy (non-hydrogen) atoms. The highest BCUT2D eigenvalue weighted by Crippen LogP contribution is 2.40. The van der Waals surface area contributed by atoms with Gasteiger partial charge in [0.25, 0.3) is 5.91 Å². The number of amides is 1. The SMILES string of the molecule is CC1(O)CCN(c2cnc(C(=O)Nc3csc(-c4nncn4C4CC4)n3)cc2-n2cnc(C3CC3)c2)CC1. The zero-order valence-electron chi connectivity index (χ0n) is 21.1. The molecule has 0 unspecified atom stereocenters. The topological polar surface area (TPSA) is 127 Å². The molecule has 11 nitrogen and oxygen atoms in total. The number of hydrogen-bond donors (Lipinski definition) is 2. The van der Waals surface area contributed by atoms with Gasteiger partial charge in [-0.05, 0) is 51.5 Å². The number of thiazole rings is 1. The molecule has 1 aliphatic heterocycles. The molecule has 0 radical (unpaired) electrons. The summed E-state index contributed by atoms with van der Waals surface area (Å²) >= 11 is 1.43. The van der Waals surface area contributed by atoms with Crippen LogP contribution in [-0.4, -0.2) is 64.0 Å². The first-order valence-electron chi connectivity index (χ1n) is 13.1. The highest BCUT2D eigenvalue weighted by Gasteiger charge is 2.31. The van der Waals surface area contributed by atoms with Crippen molar-refractivity contribution in [2.45, 2.75) is 63.0 Å². The molecule has 0 bridgehead atoms. The molecule has 2 N–H and O–H groups in total. The molecule has 5 heterocycles. The van der Waals surface area contributed by atoms with Gasteiger partial charge >= 0.3 is 0 Å². The van der Waals surface area contributed by atoms with Crippen molar-refractivity contribution in [1.82, 2.24) is 34.3 Å². The lowest BCUT2D eigenvalue weighted by molar-refractivity contribution is 0.0351. The lowest BCUT2D eigenvalue weighted by atomic mass is 9.93. The van der Waals surface area contributed by atoms with Crippen LogP contribution in [0.3, 0.4) is 0 Å². The van der Waals surface area contributed by atoms with Crippen molar-refractivity contribution in [2.75, 3.05) is 23.3 Å². The smallest absolute Gasteiger partial charge is 0.275 e. The number of anilines is 2. The Labute approximate surface area is 223 Å². The molecule has 0 spiro atoms. The van der Waals surface area contributed by atoms with Crippen molar-refractivity contribution in [3.05, 3.63) is 47.9 Å². The third-order valence-electron chi connectivity index (χ3n) is 7.60. The molecule has 0 atom stereocenters. The molecule has 1 amide bonds. The first-order valence-corrected chi connectivity index (χ1v) is 14.0. The molecule has 0 aromatic carbocycles. The lowest BCUT2D eigenvalue weighted by Gasteiger charge is -2.37. The van der Waals surface area contributed by atoms with Crippen LogP contribution in [0.4, 0.5) is 11.5 Å². The van der Waals surface area contributed by atoms with E-state index in [-0.39, 0.29) is 5.91 Å². The Morgan fingerprint density at radius 1 is 1.13 bits per heavy atom. The van der Waals surface area contributed by atoms with Crippen molar-refractivity contribution in [1.29, 1.82) is 0 Å². The Morgan fingerprint density at radius 2 is 1.95 bits per heavy atom. The van der Waals surface area contributed by atoms with Gasteiger partial charge in [-0.3, -0.25) is 4.79 Å². The van der Waals surface area contributed by atoms with Crippen LogP contribution in [0.2, 0.25) is 0 Å². The Bertz CT molecular complexity index is 1490. The Balaban J connectivity index is 1.15. The maximum absolute atomic E-state index is 13.3. The van der Waals surface area contributed by atoms with E-state index in [0.717, 1.165) is 40.7 Å². The Morgan fingerprint density at radius 3 is 2.71 bits per heavy atom. The quantitative estimate of drug-likeness (QED) is 0.369. The predicted molar refractivity (Wildman–Crippen MR) is 143 cm³/mol. The fourth-order valence-corrected chi connectivity index (χ4v) is 5.67. The van der Waals surface area contributed by atoms with Crippen molar-refractivity contribution in [3.8, 4) is 16.5 Å². The highest BCUT2D eigenvalue weighted by atomic mass is 32.1. The standard InChI is InChI=1S/C26H29N9O2S/c1-26(37)6-8-33(9-7-26)21-11-27-18(10-20(21)34-12-19(28-14-34)16-2-3-16)24(36)30-22-13-38-25(31-22)23-32-29-15-35(23)17-4-5-17/h10-17,37H,2-9H2,1H3,(H,30,36). The molecular weight excluding hydrogens is 502 g/mol. The van der Waals surface area contributed by atoms with Gasteiger partial charge in [0.05, 0.1) is 35.2 Å². The summed E-state index contributed by atoms with van der Waals surface area (Å²) in [7, 11) is 0. The summed E-state index contributed by atoms with van der Waals surface area (Å²) in [6.07, 6.45) is 13.3. The number of carbonyl (C=O) groups is 1. The second kappa shape index (κ2) is 8.98. The summed E-state index contributed by atoms with van der Waals surface area (Å²) in [5.74, 6) is 1.39. The molecule has 3 fully saturated rings. The number of hydrogen-bond acceptors (Lipinski definition) is 9. The van der Waals surface area contributed by atoms with Gasteiger partial charge in [-0.1, -0.05) is 0 Å². The third kappa shape index (κ3) is 4.58. The number of aliphatic hydroxyl groups is 1. The average molecular weight is 532 g/mol. The number of piperidine rings is 1. The molecule has 3 aliphatic rings. The van der Waals surface area contributed by atoms with Gasteiger partial charge in [0, 0.05) is 36.6 Å². The summed E-state index contributed by atoms with van der Waals surface area (Å²) in [6, 6.07) is 2.25. The monoisotopic (exact) mass is 531 g/mol. The first kappa shape index (κ1) is 23.5. The fourth-order valence-electron chi connectivity index (χ4n) is 4.93. The molecule has 1 saturated heterocycles. The maximum atomic E-state index is 13.3. The molecule has 4 aromatic heterocycles. The minimum atomic E-state index is -0.656. The molecule has 2 saturated carbocycles. The average Bonchev–Trinajstić information content (AvgIpc) is 3.79. The summed E-state index contributed by atoms with van der Waals surface area (Å²) in [6.45, 7) is 3.31. The van der Waals surface area contributed by atoms with Crippen LogP contribution in [0.5, 0.6) is 0 Å². The summed E-state index contributed by atoms with van der Waals surface area (Å²) in [5.41, 5.74) is 2.49. The number of nitrogens with one attached hydrogen (secondary N) is 1.